The van der Waals surface area contributed by atoms with E-state index >= 15 is 0 Å². The van der Waals surface area contributed by atoms with E-state index in [0.717, 1.165) is 6.42 Å². The summed E-state index contributed by atoms with van der Waals surface area (Å²) in [5.41, 5.74) is -1.66. The van der Waals surface area contributed by atoms with Crippen molar-refractivity contribution in [3.63, 3.8) is 0 Å². The topological polar surface area (TPSA) is 78.9 Å². The average molecular weight is 307 g/mol. The Morgan fingerprint density at radius 3 is 2.33 bits per heavy atom. The van der Waals surface area contributed by atoms with Crippen LogP contribution in [-0.4, -0.2) is 47.4 Å². The molecule has 1 atom stereocenters. The summed E-state index contributed by atoms with van der Waals surface area (Å²) in [6, 6.07) is 0. The first-order valence-corrected chi connectivity index (χ1v) is 7.09. The molecule has 1 unspecified atom stereocenters. The van der Waals surface area contributed by atoms with Gasteiger partial charge in [0.1, 0.15) is 11.2 Å². The summed E-state index contributed by atoms with van der Waals surface area (Å²) in [7, 11) is 0. The van der Waals surface area contributed by atoms with Crippen LogP contribution in [0, 0.1) is 0 Å². The number of ether oxygens (including phenoxy) is 2. The summed E-state index contributed by atoms with van der Waals surface area (Å²) in [6.07, 6.45) is 1.85. The molecule has 0 aromatic carbocycles. The van der Waals surface area contributed by atoms with E-state index in [1.54, 1.807) is 4.90 Å². The molecule has 0 radical (unpaired) electrons. The minimum absolute atomic E-state index is 0. The molecule has 1 aliphatic heterocycles. The molecule has 1 heterocycles. The molecule has 0 aromatic heterocycles. The number of likely N-dealkylation sites (tertiary alicyclic amines) is 1. The van der Waals surface area contributed by atoms with Gasteiger partial charge in [0, 0.05) is 6.54 Å². The zero-order chi connectivity index (χ0) is 15.0. The molecule has 0 N–H and O–H groups in total. The van der Waals surface area contributed by atoms with Crippen molar-refractivity contribution in [3.8, 4) is 0 Å². The van der Waals surface area contributed by atoms with E-state index in [1.165, 1.54) is 0 Å². The van der Waals surface area contributed by atoms with Crippen molar-refractivity contribution in [1.29, 1.82) is 0 Å². The number of aliphatic carboxylic acids is 1. The van der Waals surface area contributed by atoms with Crippen LogP contribution in [0.1, 0.15) is 46.5 Å². The fraction of sp³-hybridized carbons (Fsp3) is 0.857. The van der Waals surface area contributed by atoms with E-state index in [-0.39, 0.29) is 41.8 Å². The minimum Gasteiger partial charge on any atom is -0.547 e. The Morgan fingerprint density at radius 2 is 1.90 bits per heavy atom. The molecular formula is C14H22NNaO5. The molecule has 2 fully saturated rings. The molecule has 6 nitrogen and oxygen atoms in total. The fourth-order valence-corrected chi connectivity index (χ4v) is 2.50. The predicted octanol–water partition coefficient (Wildman–Crippen LogP) is -2.31. The number of hydrogen-bond donors (Lipinski definition) is 0. The molecule has 2 rings (SSSR count). The number of rotatable bonds is 3. The molecule has 1 aliphatic carbocycles. The summed E-state index contributed by atoms with van der Waals surface area (Å²) in [6.45, 7) is 6.35. The predicted molar refractivity (Wildman–Crippen MR) is 68.9 cm³/mol. The van der Waals surface area contributed by atoms with E-state index in [9.17, 15) is 14.7 Å². The summed E-state index contributed by atoms with van der Waals surface area (Å²) >= 11 is 0. The van der Waals surface area contributed by atoms with E-state index in [1.807, 2.05) is 20.8 Å². The molecule has 1 amide bonds. The Bertz CT molecular complexity index is 403. The monoisotopic (exact) mass is 307 g/mol. The SMILES string of the molecule is CC(C)(C)OC(=O)N1CCC(OC2(C(=O)[O-])CCC2)C1.[Na+]. The van der Waals surface area contributed by atoms with Crippen molar-refractivity contribution in [1.82, 2.24) is 4.90 Å². The second kappa shape index (κ2) is 6.86. The van der Waals surface area contributed by atoms with Gasteiger partial charge in [0.2, 0.25) is 0 Å². The molecule has 114 valence electrons. The van der Waals surface area contributed by atoms with Gasteiger partial charge in [-0.2, -0.15) is 0 Å². The van der Waals surface area contributed by atoms with Crippen molar-refractivity contribution in [3.05, 3.63) is 0 Å². The van der Waals surface area contributed by atoms with E-state index in [2.05, 4.69) is 0 Å². The van der Waals surface area contributed by atoms with Crippen LogP contribution in [0.3, 0.4) is 0 Å². The van der Waals surface area contributed by atoms with Gasteiger partial charge >= 0.3 is 35.7 Å². The third kappa shape index (κ3) is 4.58. The zero-order valence-electron chi connectivity index (χ0n) is 13.3. The number of amides is 1. The summed E-state index contributed by atoms with van der Waals surface area (Å²) in [4.78, 5) is 24.6. The van der Waals surface area contributed by atoms with Crippen LogP contribution in [0.4, 0.5) is 4.79 Å². The number of carbonyl (C=O) groups excluding carboxylic acids is 2. The first-order valence-electron chi connectivity index (χ1n) is 7.09. The Labute approximate surface area is 147 Å². The second-order valence-electron chi connectivity index (χ2n) is 6.59. The summed E-state index contributed by atoms with van der Waals surface area (Å²) in [5, 5.41) is 11.2. The smallest absolute Gasteiger partial charge is 0.547 e. The van der Waals surface area contributed by atoms with Crippen molar-refractivity contribution in [2.75, 3.05) is 13.1 Å². The van der Waals surface area contributed by atoms with Crippen molar-refractivity contribution in [2.24, 2.45) is 0 Å². The molecule has 2 aliphatic rings. The van der Waals surface area contributed by atoms with Crippen LogP contribution >= 0.6 is 0 Å². The summed E-state index contributed by atoms with van der Waals surface area (Å²) < 4.78 is 11.0. The van der Waals surface area contributed by atoms with Crippen LogP contribution in [0.25, 0.3) is 0 Å². The van der Waals surface area contributed by atoms with E-state index in [4.69, 9.17) is 9.47 Å². The molecule has 1 saturated carbocycles. The van der Waals surface area contributed by atoms with Gasteiger partial charge in [0.05, 0.1) is 18.6 Å². The average Bonchev–Trinajstić information content (AvgIpc) is 2.68. The van der Waals surface area contributed by atoms with Gasteiger partial charge in [-0.15, -0.1) is 0 Å². The van der Waals surface area contributed by atoms with Gasteiger partial charge < -0.3 is 24.3 Å². The molecule has 0 spiro atoms. The Hall–Kier alpha value is -0.300. The maximum absolute atomic E-state index is 11.9. The van der Waals surface area contributed by atoms with Gasteiger partial charge in [-0.3, -0.25) is 0 Å². The third-order valence-electron chi connectivity index (χ3n) is 3.72. The maximum atomic E-state index is 11.9. The zero-order valence-corrected chi connectivity index (χ0v) is 15.3. The van der Waals surface area contributed by atoms with E-state index in [0.29, 0.717) is 32.4 Å². The van der Waals surface area contributed by atoms with Crippen LogP contribution in [0.15, 0.2) is 0 Å². The number of carbonyl (C=O) groups is 2. The van der Waals surface area contributed by atoms with Crippen LogP contribution in [-0.2, 0) is 14.3 Å². The number of hydrogen-bond acceptors (Lipinski definition) is 5. The van der Waals surface area contributed by atoms with Crippen LogP contribution < -0.4 is 34.7 Å². The summed E-state index contributed by atoms with van der Waals surface area (Å²) in [5.74, 6) is -1.14. The van der Waals surface area contributed by atoms with Gasteiger partial charge in [0.25, 0.3) is 0 Å². The van der Waals surface area contributed by atoms with Gasteiger partial charge in [-0.1, -0.05) is 0 Å². The Balaban J connectivity index is 0.00000220. The van der Waals surface area contributed by atoms with Gasteiger partial charge in [-0.25, -0.2) is 4.79 Å². The molecule has 0 bridgehead atoms. The minimum atomic E-state index is -1.14. The molecular weight excluding hydrogens is 285 g/mol. The van der Waals surface area contributed by atoms with Gasteiger partial charge in [-0.05, 0) is 46.5 Å². The molecule has 21 heavy (non-hydrogen) atoms. The molecule has 1 saturated heterocycles. The Morgan fingerprint density at radius 1 is 1.29 bits per heavy atom. The maximum Gasteiger partial charge on any atom is 1.00 e. The fourth-order valence-electron chi connectivity index (χ4n) is 2.50. The van der Waals surface area contributed by atoms with E-state index < -0.39 is 17.2 Å². The van der Waals surface area contributed by atoms with Crippen molar-refractivity contribution >= 4 is 12.1 Å². The van der Waals surface area contributed by atoms with Crippen LogP contribution in [0.2, 0.25) is 0 Å². The third-order valence-corrected chi connectivity index (χ3v) is 3.72. The first-order chi connectivity index (χ1) is 9.22. The largest absolute Gasteiger partial charge is 1.00 e. The van der Waals surface area contributed by atoms with Crippen molar-refractivity contribution in [2.45, 2.75) is 63.8 Å². The quantitative estimate of drug-likeness (QED) is 0.547. The van der Waals surface area contributed by atoms with Crippen LogP contribution in [0.5, 0.6) is 0 Å². The number of carboxylic acids is 1. The first kappa shape index (κ1) is 18.7. The second-order valence-corrected chi connectivity index (χ2v) is 6.59. The molecule has 0 aromatic rings. The van der Waals surface area contributed by atoms with Gasteiger partial charge in [0.15, 0.2) is 0 Å². The standard InChI is InChI=1S/C14H23NO5.Na/c1-13(2,3)20-12(18)15-8-5-10(9-15)19-14(11(16)17)6-4-7-14;/h10H,4-9H2,1-3H3,(H,16,17);/q;+1/p-1. The Kier molecular flexibility index (Phi) is 6.12. The normalized spacial score (nSPS) is 24.0. The number of carboxylic acid groups (broad SMARTS) is 1. The molecule has 7 heteroatoms. The number of nitrogens with zero attached hydrogens (tertiary/aromatic N) is 1. The van der Waals surface area contributed by atoms with Crippen molar-refractivity contribution < 1.29 is 53.7 Å².